The molecule has 0 radical (unpaired) electrons. The first-order valence-corrected chi connectivity index (χ1v) is 5.12. The fourth-order valence-electron chi connectivity index (χ4n) is 0.838. The molecule has 1 rings (SSSR count). The summed E-state index contributed by atoms with van der Waals surface area (Å²) in [4.78, 5) is 11.1. The number of carbonyl (C=O) groups excluding carboxylic acids is 1. The van der Waals surface area contributed by atoms with Crippen LogP contribution >= 0.6 is 27.5 Å². The van der Waals surface area contributed by atoms with Crippen molar-refractivity contribution in [2.75, 3.05) is 5.32 Å². The van der Waals surface area contributed by atoms with Crippen LogP contribution in [0.2, 0.25) is 5.02 Å². The van der Waals surface area contributed by atoms with Crippen molar-refractivity contribution in [2.45, 2.75) is 13.0 Å². The van der Waals surface area contributed by atoms with E-state index in [0.717, 1.165) is 0 Å². The molecular weight excluding hydrogens is 269 g/mol. The summed E-state index contributed by atoms with van der Waals surface area (Å²) >= 11 is 9.13. The van der Waals surface area contributed by atoms with E-state index in [-0.39, 0.29) is 0 Å². The highest BCUT2D eigenvalue weighted by Crippen LogP contribution is 2.29. The van der Waals surface area contributed by atoms with E-state index in [2.05, 4.69) is 21.2 Å². The van der Waals surface area contributed by atoms with Crippen molar-refractivity contribution in [2.24, 2.45) is 0 Å². The smallest absolute Gasteiger partial charge is 0.252 e. The zero-order valence-corrected chi connectivity index (χ0v) is 9.76. The number of benzene rings is 1. The summed E-state index contributed by atoms with van der Waals surface area (Å²) in [6.07, 6.45) is -1.05. The van der Waals surface area contributed by atoms with E-state index in [1.807, 2.05) is 0 Å². The summed E-state index contributed by atoms with van der Waals surface area (Å²) in [6, 6.07) is 5.17. The number of aliphatic hydroxyl groups excluding tert-OH is 1. The van der Waals surface area contributed by atoms with Crippen LogP contribution in [0.1, 0.15) is 6.92 Å². The molecule has 5 heteroatoms. The summed E-state index contributed by atoms with van der Waals surface area (Å²) in [5.41, 5.74) is 0.479. The largest absolute Gasteiger partial charge is 0.384 e. The molecule has 14 heavy (non-hydrogen) atoms. The third-order valence-corrected chi connectivity index (χ3v) is 2.89. The van der Waals surface area contributed by atoms with E-state index in [4.69, 9.17) is 16.7 Å². The summed E-state index contributed by atoms with van der Waals surface area (Å²) in [5.74, 6) is -0.481. The summed E-state index contributed by atoms with van der Waals surface area (Å²) in [5, 5.41) is 11.9. The minimum Gasteiger partial charge on any atom is -0.384 e. The maximum absolute atomic E-state index is 11.1. The molecule has 0 heterocycles. The van der Waals surface area contributed by atoms with Gasteiger partial charge in [-0.1, -0.05) is 17.7 Å². The lowest BCUT2D eigenvalue weighted by Crippen LogP contribution is -2.24. The second-order valence-corrected chi connectivity index (χ2v) is 4.00. The second kappa shape index (κ2) is 4.77. The van der Waals surface area contributed by atoms with Gasteiger partial charge in [0.15, 0.2) is 0 Å². The average molecular weight is 279 g/mol. The molecule has 1 atom stereocenters. The van der Waals surface area contributed by atoms with Crippen LogP contribution in [0, 0.1) is 0 Å². The highest BCUT2D eigenvalue weighted by Gasteiger charge is 2.11. The van der Waals surface area contributed by atoms with Gasteiger partial charge in [-0.05, 0) is 35.0 Å². The average Bonchev–Trinajstić information content (AvgIpc) is 2.12. The lowest BCUT2D eigenvalue weighted by Gasteiger charge is -2.09. The highest BCUT2D eigenvalue weighted by molar-refractivity contribution is 9.10. The van der Waals surface area contributed by atoms with Crippen LogP contribution < -0.4 is 5.32 Å². The summed E-state index contributed by atoms with van der Waals surface area (Å²) in [7, 11) is 0. The molecule has 3 nitrogen and oxygen atoms in total. The number of nitrogens with one attached hydrogen (secondary N) is 1. The topological polar surface area (TPSA) is 49.3 Å². The Balaban J connectivity index is 2.87. The van der Waals surface area contributed by atoms with Crippen LogP contribution in [-0.4, -0.2) is 17.1 Å². The van der Waals surface area contributed by atoms with Crippen LogP contribution in [-0.2, 0) is 4.79 Å². The molecule has 0 aliphatic carbocycles. The minimum atomic E-state index is -1.05. The van der Waals surface area contributed by atoms with Gasteiger partial charge >= 0.3 is 0 Å². The Morgan fingerprint density at radius 1 is 1.64 bits per heavy atom. The summed E-state index contributed by atoms with van der Waals surface area (Å²) in [6.45, 7) is 1.39. The van der Waals surface area contributed by atoms with E-state index >= 15 is 0 Å². The van der Waals surface area contributed by atoms with Gasteiger partial charge < -0.3 is 10.4 Å². The van der Waals surface area contributed by atoms with E-state index < -0.39 is 12.0 Å². The molecule has 1 unspecified atom stereocenters. The molecule has 0 saturated heterocycles. The van der Waals surface area contributed by atoms with Gasteiger partial charge in [-0.25, -0.2) is 0 Å². The van der Waals surface area contributed by atoms with Gasteiger partial charge in [0.25, 0.3) is 5.91 Å². The van der Waals surface area contributed by atoms with E-state index in [1.165, 1.54) is 6.92 Å². The molecule has 0 saturated carbocycles. The zero-order valence-electron chi connectivity index (χ0n) is 7.42. The van der Waals surface area contributed by atoms with Crippen LogP contribution in [0.3, 0.4) is 0 Å². The van der Waals surface area contributed by atoms with Gasteiger partial charge in [-0.15, -0.1) is 0 Å². The van der Waals surface area contributed by atoms with Gasteiger partial charge in [0, 0.05) is 4.47 Å². The molecule has 0 bridgehead atoms. The van der Waals surface area contributed by atoms with Crippen molar-refractivity contribution in [3.63, 3.8) is 0 Å². The second-order valence-electron chi connectivity index (χ2n) is 2.77. The van der Waals surface area contributed by atoms with Crippen LogP contribution in [0.15, 0.2) is 22.7 Å². The van der Waals surface area contributed by atoms with E-state index in [0.29, 0.717) is 15.2 Å². The third-order valence-electron chi connectivity index (χ3n) is 1.59. The predicted molar refractivity (Wildman–Crippen MR) is 59.5 cm³/mol. The van der Waals surface area contributed by atoms with E-state index in [1.54, 1.807) is 18.2 Å². The highest BCUT2D eigenvalue weighted by atomic mass is 79.9. The molecule has 1 aromatic rings. The molecular formula is C9H9BrClNO2. The Morgan fingerprint density at radius 3 is 2.86 bits per heavy atom. The van der Waals surface area contributed by atoms with Crippen LogP contribution in [0.25, 0.3) is 0 Å². The van der Waals surface area contributed by atoms with Gasteiger partial charge in [0.1, 0.15) is 6.10 Å². The molecule has 0 aromatic heterocycles. The molecule has 0 spiro atoms. The number of hydrogen-bond acceptors (Lipinski definition) is 2. The zero-order chi connectivity index (χ0) is 10.7. The Kier molecular flexibility index (Phi) is 3.92. The van der Waals surface area contributed by atoms with Crippen molar-refractivity contribution >= 4 is 39.1 Å². The Hall–Kier alpha value is -0.580. The number of anilines is 1. The quantitative estimate of drug-likeness (QED) is 0.873. The third kappa shape index (κ3) is 2.70. The van der Waals surface area contributed by atoms with Crippen LogP contribution in [0.4, 0.5) is 5.69 Å². The maximum Gasteiger partial charge on any atom is 0.252 e. The number of halogens is 2. The predicted octanol–water partition coefficient (Wildman–Crippen LogP) is 2.42. The number of carbonyl (C=O) groups is 1. The SMILES string of the molecule is CC(O)C(=O)Nc1cccc(Br)c1Cl. The van der Waals surface area contributed by atoms with Crippen molar-refractivity contribution in [1.82, 2.24) is 0 Å². The summed E-state index contributed by atoms with van der Waals surface area (Å²) < 4.78 is 0.697. The molecule has 2 N–H and O–H groups in total. The van der Waals surface area contributed by atoms with Gasteiger partial charge in [0.2, 0.25) is 0 Å². The first-order chi connectivity index (χ1) is 6.52. The molecule has 0 aliphatic heterocycles. The Morgan fingerprint density at radius 2 is 2.29 bits per heavy atom. The molecule has 1 amide bonds. The number of rotatable bonds is 2. The molecule has 0 aliphatic rings. The molecule has 1 aromatic carbocycles. The van der Waals surface area contributed by atoms with Crippen molar-refractivity contribution in [3.05, 3.63) is 27.7 Å². The van der Waals surface area contributed by atoms with Crippen molar-refractivity contribution in [3.8, 4) is 0 Å². The fraction of sp³-hybridized carbons (Fsp3) is 0.222. The number of hydrogen-bond donors (Lipinski definition) is 2. The molecule has 0 fully saturated rings. The number of amides is 1. The minimum absolute atomic E-state index is 0.418. The lowest BCUT2D eigenvalue weighted by molar-refractivity contribution is -0.123. The van der Waals surface area contributed by atoms with Crippen molar-refractivity contribution in [1.29, 1.82) is 0 Å². The fourth-order valence-corrected chi connectivity index (χ4v) is 1.38. The lowest BCUT2D eigenvalue weighted by atomic mass is 10.3. The normalized spacial score (nSPS) is 12.3. The number of aliphatic hydroxyl groups is 1. The van der Waals surface area contributed by atoms with Gasteiger partial charge in [0.05, 0.1) is 10.7 Å². The Labute approximate surface area is 95.2 Å². The maximum atomic E-state index is 11.1. The van der Waals surface area contributed by atoms with Gasteiger partial charge in [-0.3, -0.25) is 4.79 Å². The van der Waals surface area contributed by atoms with Crippen LogP contribution in [0.5, 0.6) is 0 Å². The first kappa shape index (κ1) is 11.5. The monoisotopic (exact) mass is 277 g/mol. The first-order valence-electron chi connectivity index (χ1n) is 3.95. The Bertz CT molecular complexity index is 355. The van der Waals surface area contributed by atoms with Gasteiger partial charge in [-0.2, -0.15) is 0 Å². The molecule has 76 valence electrons. The standard InChI is InChI=1S/C9H9BrClNO2/c1-5(13)9(14)12-7-4-2-3-6(10)8(7)11/h2-5,13H,1H3,(H,12,14). The van der Waals surface area contributed by atoms with Crippen molar-refractivity contribution < 1.29 is 9.90 Å². The van der Waals surface area contributed by atoms with E-state index in [9.17, 15) is 4.79 Å².